The second-order valence-electron chi connectivity index (χ2n) is 1.81. The number of hydrogen-bond donors (Lipinski definition) is 0. The van der Waals surface area contributed by atoms with E-state index in [4.69, 9.17) is 0 Å². The highest BCUT2D eigenvalue weighted by Crippen LogP contribution is 2.24. The Labute approximate surface area is 74.4 Å². The fraction of sp³-hybridized carbons (Fsp3) is 0.500. The second kappa shape index (κ2) is 6.74. The number of carbonyl (C=O) groups excluding carboxylic acids is 1. The summed E-state index contributed by atoms with van der Waals surface area (Å²) in [6, 6.07) is 0. The van der Waals surface area contributed by atoms with Gasteiger partial charge in [0, 0.05) is 6.08 Å². The molecule has 7 heteroatoms. The quantitative estimate of drug-likeness (QED) is 0.659. The van der Waals surface area contributed by atoms with Gasteiger partial charge < -0.3 is 9.26 Å². The molecule has 0 heterocycles. The molecule has 0 amide bonds. The van der Waals surface area contributed by atoms with Crippen molar-refractivity contribution in [3.8, 4) is 0 Å². The molecule has 0 fully saturated rings. The normalized spacial score (nSPS) is 11.9. The van der Waals surface area contributed by atoms with E-state index in [-0.39, 0.29) is 6.61 Å². The Balaban J connectivity index is 3.75. The average Bonchev–Trinajstić information content (AvgIpc) is 2.04. The van der Waals surface area contributed by atoms with Gasteiger partial charge >= 0.3 is 5.71 Å². The Bertz CT molecular complexity index is 225. The second-order valence-corrected chi connectivity index (χ2v) is 3.08. The Morgan fingerprint density at radius 1 is 1.54 bits per heavy atom. The summed E-state index contributed by atoms with van der Waals surface area (Å²) in [7, 11) is -2.90. The molecule has 1 atom stereocenters. The summed E-state index contributed by atoms with van der Waals surface area (Å²) in [5, 5.41) is 0. The summed E-state index contributed by atoms with van der Waals surface area (Å²) >= 11 is 0. The number of rotatable bonds is 5. The molecule has 0 bridgehead atoms. The standard InChI is InChI=1S/C6H9F2O4P/c1-2-12-13(10)6(9)11-4-3-5(7)8/h3,13H,2,4H2,1H3. The first kappa shape index (κ1) is 12.3. The molecule has 13 heavy (non-hydrogen) atoms. The van der Waals surface area contributed by atoms with Crippen LogP contribution in [0.15, 0.2) is 12.2 Å². The number of ether oxygens (including phenoxy) is 1. The molecule has 0 spiro atoms. The zero-order chi connectivity index (χ0) is 10.3. The zero-order valence-corrected chi connectivity index (χ0v) is 7.88. The highest BCUT2D eigenvalue weighted by Gasteiger charge is 2.11. The predicted molar refractivity (Wildman–Crippen MR) is 42.3 cm³/mol. The lowest BCUT2D eigenvalue weighted by Gasteiger charge is -2.00. The summed E-state index contributed by atoms with van der Waals surface area (Å²) < 4.78 is 42.1. The van der Waals surface area contributed by atoms with Crippen LogP contribution in [0, 0.1) is 0 Å². The average molecular weight is 214 g/mol. The van der Waals surface area contributed by atoms with Crippen molar-refractivity contribution in [1.29, 1.82) is 0 Å². The third-order valence-electron chi connectivity index (χ3n) is 0.894. The molecule has 0 aliphatic rings. The molecule has 0 saturated heterocycles. The van der Waals surface area contributed by atoms with Gasteiger partial charge in [-0.3, -0.25) is 4.57 Å². The largest absolute Gasteiger partial charge is 0.454 e. The molecule has 0 radical (unpaired) electrons. The molecule has 0 aromatic rings. The van der Waals surface area contributed by atoms with Crippen LogP contribution in [0.25, 0.3) is 0 Å². The Morgan fingerprint density at radius 2 is 2.15 bits per heavy atom. The third kappa shape index (κ3) is 6.42. The monoisotopic (exact) mass is 214 g/mol. The van der Waals surface area contributed by atoms with Gasteiger partial charge in [-0.15, -0.1) is 0 Å². The van der Waals surface area contributed by atoms with Crippen LogP contribution in [0.3, 0.4) is 0 Å². The van der Waals surface area contributed by atoms with Crippen LogP contribution < -0.4 is 0 Å². The van der Waals surface area contributed by atoms with Gasteiger partial charge in [0.15, 0.2) is 0 Å². The molecule has 0 aliphatic carbocycles. The predicted octanol–water partition coefficient (Wildman–Crippen LogP) is 2.41. The van der Waals surface area contributed by atoms with Crippen LogP contribution in [0.4, 0.5) is 13.6 Å². The van der Waals surface area contributed by atoms with Crippen LogP contribution in [-0.4, -0.2) is 18.9 Å². The van der Waals surface area contributed by atoms with E-state index in [1.165, 1.54) is 0 Å². The molecule has 0 aliphatic heterocycles. The van der Waals surface area contributed by atoms with Crippen molar-refractivity contribution >= 4 is 13.7 Å². The fourth-order valence-electron chi connectivity index (χ4n) is 0.429. The first-order valence-electron chi connectivity index (χ1n) is 3.43. The minimum atomic E-state index is -2.90. The summed E-state index contributed by atoms with van der Waals surface area (Å²) in [5.74, 6) is 0. The van der Waals surface area contributed by atoms with E-state index in [1.54, 1.807) is 6.92 Å². The van der Waals surface area contributed by atoms with Gasteiger partial charge in [0.2, 0.25) is 0 Å². The lowest BCUT2D eigenvalue weighted by Crippen LogP contribution is -1.98. The van der Waals surface area contributed by atoms with Crippen molar-refractivity contribution in [2.24, 2.45) is 0 Å². The van der Waals surface area contributed by atoms with Crippen molar-refractivity contribution < 1.29 is 27.4 Å². The SMILES string of the molecule is CCO[PH](=O)C(=O)OCC=C(F)F. The van der Waals surface area contributed by atoms with Crippen molar-refractivity contribution in [3.63, 3.8) is 0 Å². The Morgan fingerprint density at radius 3 is 2.62 bits per heavy atom. The molecule has 0 aromatic heterocycles. The van der Waals surface area contributed by atoms with Crippen LogP contribution in [0.1, 0.15) is 6.92 Å². The highest BCUT2D eigenvalue weighted by molar-refractivity contribution is 7.58. The molecule has 0 rings (SSSR count). The highest BCUT2D eigenvalue weighted by atomic mass is 31.1. The minimum absolute atomic E-state index is 0.111. The first-order valence-corrected chi connectivity index (χ1v) is 4.74. The maximum Gasteiger partial charge on any atom is 0.388 e. The van der Waals surface area contributed by atoms with Crippen molar-refractivity contribution in [1.82, 2.24) is 0 Å². The summed E-state index contributed by atoms with van der Waals surface area (Å²) in [6.45, 7) is 1.07. The van der Waals surface area contributed by atoms with Gasteiger partial charge in [0.05, 0.1) is 6.61 Å². The number of halogens is 2. The van der Waals surface area contributed by atoms with E-state index < -0.39 is 26.4 Å². The number of carbonyl (C=O) groups is 1. The van der Waals surface area contributed by atoms with E-state index in [9.17, 15) is 18.1 Å². The van der Waals surface area contributed by atoms with Gasteiger partial charge in [-0.05, 0) is 6.92 Å². The van der Waals surface area contributed by atoms with E-state index >= 15 is 0 Å². The molecule has 0 saturated carbocycles. The van der Waals surface area contributed by atoms with Gasteiger partial charge in [-0.1, -0.05) is 0 Å². The summed E-state index contributed by atoms with van der Waals surface area (Å²) in [4.78, 5) is 10.6. The Hall–Kier alpha value is -0.740. The topological polar surface area (TPSA) is 52.6 Å². The van der Waals surface area contributed by atoms with Gasteiger partial charge in [0.25, 0.3) is 14.1 Å². The number of hydrogen-bond acceptors (Lipinski definition) is 4. The van der Waals surface area contributed by atoms with Gasteiger partial charge in [-0.2, -0.15) is 8.78 Å². The van der Waals surface area contributed by atoms with Gasteiger partial charge in [-0.25, -0.2) is 4.79 Å². The maximum absolute atomic E-state index is 11.4. The molecule has 4 nitrogen and oxygen atoms in total. The van der Waals surface area contributed by atoms with Gasteiger partial charge in [0.1, 0.15) is 6.61 Å². The fourth-order valence-corrected chi connectivity index (χ4v) is 1.01. The smallest absolute Gasteiger partial charge is 0.388 e. The summed E-state index contributed by atoms with van der Waals surface area (Å²) in [6.07, 6.45) is -1.55. The molecular formula is C6H9F2O4P. The van der Waals surface area contributed by atoms with E-state index in [2.05, 4.69) is 9.26 Å². The molecule has 0 aromatic carbocycles. The lowest BCUT2D eigenvalue weighted by atomic mass is 10.7. The van der Waals surface area contributed by atoms with Crippen LogP contribution in [-0.2, 0) is 13.8 Å². The molecular weight excluding hydrogens is 205 g/mol. The zero-order valence-electron chi connectivity index (χ0n) is 6.88. The van der Waals surface area contributed by atoms with Crippen molar-refractivity contribution in [3.05, 3.63) is 12.2 Å². The van der Waals surface area contributed by atoms with E-state index in [1.807, 2.05) is 0 Å². The third-order valence-corrected chi connectivity index (χ3v) is 1.92. The van der Waals surface area contributed by atoms with Crippen LogP contribution >= 0.6 is 8.03 Å². The first-order chi connectivity index (χ1) is 6.07. The van der Waals surface area contributed by atoms with Crippen LogP contribution in [0.2, 0.25) is 0 Å². The van der Waals surface area contributed by atoms with E-state index in [0.29, 0.717) is 6.08 Å². The summed E-state index contributed by atoms with van der Waals surface area (Å²) in [5.41, 5.74) is -1.09. The van der Waals surface area contributed by atoms with Crippen LogP contribution in [0.5, 0.6) is 0 Å². The molecule has 76 valence electrons. The molecule has 0 N–H and O–H groups in total. The van der Waals surface area contributed by atoms with Crippen molar-refractivity contribution in [2.45, 2.75) is 6.92 Å². The van der Waals surface area contributed by atoms with E-state index in [0.717, 1.165) is 0 Å². The lowest BCUT2D eigenvalue weighted by molar-refractivity contribution is 0.178. The maximum atomic E-state index is 11.4. The Kier molecular flexibility index (Phi) is 6.36. The minimum Gasteiger partial charge on any atom is -0.454 e. The molecule has 1 unspecified atom stereocenters. The van der Waals surface area contributed by atoms with Crippen molar-refractivity contribution in [2.75, 3.05) is 13.2 Å².